The van der Waals surface area contributed by atoms with Crippen molar-refractivity contribution in [2.45, 2.75) is 45.8 Å². The molecule has 1 fully saturated rings. The zero-order valence-electron chi connectivity index (χ0n) is 11.1. The molecule has 4 nitrogen and oxygen atoms in total. The molecule has 1 saturated heterocycles. The molecule has 0 bridgehead atoms. The van der Waals surface area contributed by atoms with Crippen molar-refractivity contribution in [2.75, 3.05) is 19.7 Å². The van der Waals surface area contributed by atoms with E-state index in [0.29, 0.717) is 26.1 Å². The van der Waals surface area contributed by atoms with Gasteiger partial charge in [-0.1, -0.05) is 0 Å². The first kappa shape index (κ1) is 13.9. The Morgan fingerprint density at radius 1 is 1.53 bits per heavy atom. The second-order valence-corrected chi connectivity index (χ2v) is 5.05. The Balaban J connectivity index is 2.47. The molecule has 1 heterocycles. The van der Waals surface area contributed by atoms with Gasteiger partial charge in [0, 0.05) is 13.0 Å². The lowest BCUT2D eigenvalue weighted by Gasteiger charge is -2.33. The van der Waals surface area contributed by atoms with Crippen molar-refractivity contribution in [3.05, 3.63) is 0 Å². The number of morpholine rings is 1. The van der Waals surface area contributed by atoms with Gasteiger partial charge in [0.05, 0.1) is 19.3 Å². The van der Waals surface area contributed by atoms with Crippen molar-refractivity contribution in [1.29, 1.82) is 0 Å². The number of amides is 1. The molecular weight excluding hydrogens is 218 g/mol. The summed E-state index contributed by atoms with van der Waals surface area (Å²) >= 11 is 0. The van der Waals surface area contributed by atoms with Gasteiger partial charge in [-0.25, -0.2) is 4.79 Å². The molecule has 0 aromatic carbocycles. The van der Waals surface area contributed by atoms with Crippen molar-refractivity contribution >= 4 is 6.09 Å². The largest absolute Gasteiger partial charge is 0.444 e. The third kappa shape index (κ3) is 5.10. The van der Waals surface area contributed by atoms with Crippen LogP contribution in [0, 0.1) is 11.8 Å². The lowest BCUT2D eigenvalue weighted by atomic mass is 10.2. The summed E-state index contributed by atoms with van der Waals surface area (Å²) in [5.41, 5.74) is -0.450. The SMILES string of the molecule is CC#CC[C@@H]1CN(C(=O)OC(C)(C)C)CCO1. The molecular formula is C13H21NO3. The van der Waals surface area contributed by atoms with E-state index < -0.39 is 5.60 Å². The summed E-state index contributed by atoms with van der Waals surface area (Å²) < 4.78 is 10.9. The van der Waals surface area contributed by atoms with E-state index in [9.17, 15) is 4.79 Å². The molecule has 1 aliphatic heterocycles. The number of ether oxygens (including phenoxy) is 2. The minimum absolute atomic E-state index is 0.00344. The fraction of sp³-hybridized carbons (Fsp3) is 0.769. The normalized spacial score (nSPS) is 20.5. The summed E-state index contributed by atoms with van der Waals surface area (Å²) in [6.45, 7) is 9.10. The number of hydrogen-bond donors (Lipinski definition) is 0. The molecule has 0 saturated carbocycles. The smallest absolute Gasteiger partial charge is 0.410 e. The Bertz CT molecular complexity index is 322. The molecule has 0 aromatic heterocycles. The van der Waals surface area contributed by atoms with E-state index in [0.717, 1.165) is 0 Å². The highest BCUT2D eigenvalue weighted by Gasteiger charge is 2.27. The van der Waals surface area contributed by atoms with E-state index in [-0.39, 0.29) is 12.2 Å². The maximum Gasteiger partial charge on any atom is 0.410 e. The van der Waals surface area contributed by atoms with Gasteiger partial charge in [-0.05, 0) is 27.7 Å². The average molecular weight is 239 g/mol. The van der Waals surface area contributed by atoms with Gasteiger partial charge in [-0.15, -0.1) is 11.8 Å². The van der Waals surface area contributed by atoms with Crippen LogP contribution in [-0.2, 0) is 9.47 Å². The highest BCUT2D eigenvalue weighted by molar-refractivity contribution is 5.68. The summed E-state index contributed by atoms with van der Waals surface area (Å²) in [5.74, 6) is 5.80. The van der Waals surface area contributed by atoms with Crippen LogP contribution in [-0.4, -0.2) is 42.4 Å². The van der Waals surface area contributed by atoms with Crippen LogP contribution >= 0.6 is 0 Å². The van der Waals surface area contributed by atoms with Crippen LogP contribution < -0.4 is 0 Å². The van der Waals surface area contributed by atoms with E-state index in [1.807, 2.05) is 20.8 Å². The predicted octanol–water partition coefficient (Wildman–Crippen LogP) is 2.04. The van der Waals surface area contributed by atoms with Crippen LogP contribution in [0.25, 0.3) is 0 Å². The first-order chi connectivity index (χ1) is 7.92. The Hall–Kier alpha value is -1.21. The standard InChI is InChI=1S/C13H21NO3/c1-5-6-7-11-10-14(8-9-16-11)12(15)17-13(2,3)4/h11H,7-10H2,1-4H3/t11-/m1/s1. The van der Waals surface area contributed by atoms with Crippen molar-refractivity contribution < 1.29 is 14.3 Å². The van der Waals surface area contributed by atoms with Crippen molar-refractivity contribution in [3.63, 3.8) is 0 Å². The Kier molecular flexibility index (Phi) is 4.83. The summed E-state index contributed by atoms with van der Waals surface area (Å²) in [6.07, 6.45) is 0.398. The monoisotopic (exact) mass is 239 g/mol. The Morgan fingerprint density at radius 2 is 2.24 bits per heavy atom. The number of rotatable bonds is 1. The van der Waals surface area contributed by atoms with Crippen LogP contribution in [0.1, 0.15) is 34.1 Å². The molecule has 96 valence electrons. The molecule has 0 spiro atoms. The van der Waals surface area contributed by atoms with Gasteiger partial charge in [0.1, 0.15) is 5.60 Å². The molecule has 4 heteroatoms. The first-order valence-corrected chi connectivity index (χ1v) is 5.91. The van der Waals surface area contributed by atoms with Gasteiger partial charge in [-0.2, -0.15) is 0 Å². The molecule has 0 unspecified atom stereocenters. The van der Waals surface area contributed by atoms with Crippen LogP contribution in [0.15, 0.2) is 0 Å². The average Bonchev–Trinajstić information content (AvgIpc) is 2.24. The molecule has 1 amide bonds. The minimum atomic E-state index is -0.450. The Morgan fingerprint density at radius 3 is 2.82 bits per heavy atom. The number of carbonyl (C=O) groups excluding carboxylic acids is 1. The topological polar surface area (TPSA) is 38.8 Å². The zero-order valence-corrected chi connectivity index (χ0v) is 11.1. The summed E-state index contributed by atoms with van der Waals surface area (Å²) in [6, 6.07) is 0. The highest BCUT2D eigenvalue weighted by atomic mass is 16.6. The fourth-order valence-electron chi connectivity index (χ4n) is 1.55. The summed E-state index contributed by atoms with van der Waals surface area (Å²) in [7, 11) is 0. The molecule has 1 atom stereocenters. The van der Waals surface area contributed by atoms with Gasteiger partial charge in [0.25, 0.3) is 0 Å². The second-order valence-electron chi connectivity index (χ2n) is 5.05. The van der Waals surface area contributed by atoms with Crippen LogP contribution in [0.2, 0.25) is 0 Å². The van der Waals surface area contributed by atoms with E-state index in [1.54, 1.807) is 11.8 Å². The van der Waals surface area contributed by atoms with E-state index in [1.165, 1.54) is 0 Å². The highest BCUT2D eigenvalue weighted by Crippen LogP contribution is 2.14. The molecule has 0 aromatic rings. The number of nitrogens with zero attached hydrogens (tertiary/aromatic N) is 1. The van der Waals surface area contributed by atoms with E-state index in [2.05, 4.69) is 11.8 Å². The van der Waals surface area contributed by atoms with Gasteiger partial charge in [0.2, 0.25) is 0 Å². The van der Waals surface area contributed by atoms with Gasteiger partial charge in [-0.3, -0.25) is 0 Å². The summed E-state index contributed by atoms with van der Waals surface area (Å²) in [5, 5.41) is 0. The van der Waals surface area contributed by atoms with E-state index >= 15 is 0 Å². The van der Waals surface area contributed by atoms with Gasteiger partial charge < -0.3 is 14.4 Å². The van der Waals surface area contributed by atoms with Crippen LogP contribution in [0.3, 0.4) is 0 Å². The minimum Gasteiger partial charge on any atom is -0.444 e. The number of carbonyl (C=O) groups is 1. The molecule has 1 rings (SSSR count). The second kappa shape index (κ2) is 5.92. The number of hydrogen-bond acceptors (Lipinski definition) is 3. The summed E-state index contributed by atoms with van der Waals surface area (Å²) in [4.78, 5) is 13.5. The van der Waals surface area contributed by atoms with Crippen molar-refractivity contribution in [1.82, 2.24) is 4.90 Å². The third-order valence-corrected chi connectivity index (χ3v) is 2.30. The van der Waals surface area contributed by atoms with Crippen molar-refractivity contribution in [2.24, 2.45) is 0 Å². The van der Waals surface area contributed by atoms with Crippen LogP contribution in [0.4, 0.5) is 4.79 Å². The van der Waals surface area contributed by atoms with Gasteiger partial charge >= 0.3 is 6.09 Å². The zero-order chi connectivity index (χ0) is 12.9. The van der Waals surface area contributed by atoms with E-state index in [4.69, 9.17) is 9.47 Å². The maximum absolute atomic E-state index is 11.8. The Labute approximate surface area is 103 Å². The molecule has 0 radical (unpaired) electrons. The molecule has 0 aliphatic carbocycles. The molecule has 0 N–H and O–H groups in total. The van der Waals surface area contributed by atoms with Crippen molar-refractivity contribution in [3.8, 4) is 11.8 Å². The fourth-order valence-corrected chi connectivity index (χ4v) is 1.55. The lowest BCUT2D eigenvalue weighted by molar-refractivity contribution is -0.0399. The van der Waals surface area contributed by atoms with Crippen LogP contribution in [0.5, 0.6) is 0 Å². The van der Waals surface area contributed by atoms with Gasteiger partial charge in [0.15, 0.2) is 0 Å². The molecule has 17 heavy (non-hydrogen) atoms. The third-order valence-electron chi connectivity index (χ3n) is 2.30. The quantitative estimate of drug-likeness (QED) is 0.657. The first-order valence-electron chi connectivity index (χ1n) is 5.91. The molecule has 1 aliphatic rings. The lowest BCUT2D eigenvalue weighted by Crippen LogP contribution is -2.47. The maximum atomic E-state index is 11.8. The predicted molar refractivity (Wildman–Crippen MR) is 65.6 cm³/mol.